The van der Waals surface area contributed by atoms with Crippen LogP contribution < -0.4 is 9.62 Å². The molecule has 0 unspecified atom stereocenters. The molecule has 0 aromatic heterocycles. The fourth-order valence-electron chi connectivity index (χ4n) is 3.75. The van der Waals surface area contributed by atoms with E-state index in [0.29, 0.717) is 11.3 Å². The quantitative estimate of drug-likeness (QED) is 0.702. The zero-order valence-corrected chi connectivity index (χ0v) is 17.5. The van der Waals surface area contributed by atoms with Gasteiger partial charge in [-0.05, 0) is 59.7 Å². The summed E-state index contributed by atoms with van der Waals surface area (Å²) in [6.07, 6.45) is 2.07. The van der Waals surface area contributed by atoms with Crippen LogP contribution in [0.15, 0.2) is 54.6 Å². The maximum absolute atomic E-state index is 12.8. The molecule has 0 atom stereocenters. The summed E-state index contributed by atoms with van der Waals surface area (Å²) in [6, 6.07) is 16.8. The lowest BCUT2D eigenvalue weighted by Gasteiger charge is -2.23. The monoisotopic (exact) mass is 409 g/mol. The minimum absolute atomic E-state index is 0.228. The van der Waals surface area contributed by atoms with Gasteiger partial charge in [-0.2, -0.15) is 12.7 Å². The Hall–Kier alpha value is -2.90. The normalized spacial score (nSPS) is 13.1. The predicted molar refractivity (Wildman–Crippen MR) is 117 cm³/mol. The van der Waals surface area contributed by atoms with Crippen molar-refractivity contribution >= 4 is 38.3 Å². The zero-order chi connectivity index (χ0) is 20.8. The molecule has 0 spiro atoms. The summed E-state index contributed by atoms with van der Waals surface area (Å²) in [5.41, 5.74) is 4.38. The molecule has 0 saturated carbocycles. The highest BCUT2D eigenvalue weighted by atomic mass is 32.2. The van der Waals surface area contributed by atoms with E-state index < -0.39 is 10.2 Å². The van der Waals surface area contributed by atoms with E-state index in [0.717, 1.165) is 28.2 Å². The van der Waals surface area contributed by atoms with Crippen molar-refractivity contribution in [1.29, 1.82) is 0 Å². The molecule has 7 heteroatoms. The van der Waals surface area contributed by atoms with Crippen molar-refractivity contribution in [3.63, 3.8) is 0 Å². The number of anilines is 2. The van der Waals surface area contributed by atoms with Crippen LogP contribution in [0.2, 0.25) is 0 Å². The van der Waals surface area contributed by atoms with Gasteiger partial charge in [-0.25, -0.2) is 0 Å². The average Bonchev–Trinajstić information content (AvgIpc) is 3.14. The summed E-state index contributed by atoms with van der Waals surface area (Å²) in [4.78, 5) is 12.8. The summed E-state index contributed by atoms with van der Waals surface area (Å²) in [7, 11) is 0.867. The second-order valence-corrected chi connectivity index (χ2v) is 9.54. The average molecular weight is 410 g/mol. The Bertz CT molecular complexity index is 1190. The van der Waals surface area contributed by atoms with Gasteiger partial charge < -0.3 is 5.32 Å². The van der Waals surface area contributed by atoms with Crippen molar-refractivity contribution in [2.24, 2.45) is 0 Å². The van der Waals surface area contributed by atoms with E-state index in [9.17, 15) is 13.2 Å². The first-order valence-electron chi connectivity index (χ1n) is 9.40. The molecule has 0 saturated heterocycles. The van der Waals surface area contributed by atoms with Gasteiger partial charge in [0.05, 0.1) is 5.69 Å². The highest BCUT2D eigenvalue weighted by Crippen LogP contribution is 2.35. The maximum Gasteiger partial charge on any atom is 0.303 e. The van der Waals surface area contributed by atoms with Gasteiger partial charge in [0.2, 0.25) is 0 Å². The Morgan fingerprint density at radius 2 is 1.55 bits per heavy atom. The van der Waals surface area contributed by atoms with Gasteiger partial charge in [0.15, 0.2) is 0 Å². The predicted octanol–water partition coefficient (Wildman–Crippen LogP) is 3.43. The van der Waals surface area contributed by atoms with Crippen molar-refractivity contribution in [2.45, 2.75) is 12.8 Å². The molecule has 0 bridgehead atoms. The molecule has 1 aliphatic carbocycles. The number of carbonyl (C=O) groups is 1. The molecule has 1 aliphatic rings. The number of rotatable bonds is 5. The van der Waals surface area contributed by atoms with Gasteiger partial charge in [0.1, 0.15) is 0 Å². The van der Waals surface area contributed by atoms with Crippen LogP contribution >= 0.6 is 0 Å². The first-order chi connectivity index (χ1) is 13.8. The van der Waals surface area contributed by atoms with Crippen LogP contribution in [0.5, 0.6) is 0 Å². The van der Waals surface area contributed by atoms with Crippen LogP contribution in [0.1, 0.15) is 21.5 Å². The van der Waals surface area contributed by atoms with Crippen LogP contribution in [0.25, 0.3) is 10.8 Å². The number of hydrogen-bond acceptors (Lipinski definition) is 3. The fourth-order valence-corrected chi connectivity index (χ4v) is 4.63. The summed E-state index contributed by atoms with van der Waals surface area (Å²) in [5, 5.41) is 5.30. The smallest absolute Gasteiger partial charge is 0.303 e. The van der Waals surface area contributed by atoms with Crippen molar-refractivity contribution < 1.29 is 13.2 Å². The van der Waals surface area contributed by atoms with E-state index in [-0.39, 0.29) is 5.91 Å². The van der Waals surface area contributed by atoms with Gasteiger partial charge in [-0.15, -0.1) is 0 Å². The van der Waals surface area contributed by atoms with Crippen LogP contribution in [0.3, 0.4) is 0 Å². The molecule has 1 amide bonds. The number of amides is 1. The number of nitrogens with one attached hydrogen (secondary N) is 1. The highest BCUT2D eigenvalue weighted by molar-refractivity contribution is 7.90. The minimum atomic E-state index is -3.57. The van der Waals surface area contributed by atoms with Gasteiger partial charge in [-0.3, -0.25) is 9.10 Å². The van der Waals surface area contributed by atoms with E-state index in [2.05, 4.69) is 17.4 Å². The third-order valence-electron chi connectivity index (χ3n) is 5.43. The van der Waals surface area contributed by atoms with Crippen LogP contribution in [0.4, 0.5) is 11.4 Å². The molecular formula is C22H23N3O3S. The highest BCUT2D eigenvalue weighted by Gasteiger charge is 2.21. The fraction of sp³-hybridized carbons (Fsp3) is 0.227. The number of nitrogens with zero attached hydrogens (tertiary/aromatic N) is 2. The Balaban J connectivity index is 1.58. The van der Waals surface area contributed by atoms with E-state index in [4.69, 9.17) is 0 Å². The van der Waals surface area contributed by atoms with Crippen molar-refractivity contribution in [3.8, 4) is 0 Å². The third kappa shape index (κ3) is 3.36. The maximum atomic E-state index is 12.8. The lowest BCUT2D eigenvalue weighted by Crippen LogP contribution is -2.37. The second-order valence-electron chi connectivity index (χ2n) is 7.37. The van der Waals surface area contributed by atoms with E-state index in [1.807, 2.05) is 18.2 Å². The lowest BCUT2D eigenvalue weighted by molar-refractivity contribution is 0.102. The molecule has 1 N–H and O–H groups in total. The Kier molecular flexibility index (Phi) is 4.80. The second kappa shape index (κ2) is 7.17. The largest absolute Gasteiger partial charge is 0.321 e. The topological polar surface area (TPSA) is 69.7 Å². The summed E-state index contributed by atoms with van der Waals surface area (Å²) in [5.74, 6) is -0.228. The molecule has 0 fully saturated rings. The summed E-state index contributed by atoms with van der Waals surface area (Å²) >= 11 is 0. The number of aryl methyl sites for hydroxylation is 2. The van der Waals surface area contributed by atoms with Gasteiger partial charge in [0, 0.05) is 37.8 Å². The first-order valence-corrected chi connectivity index (χ1v) is 10.8. The molecule has 3 aromatic rings. The number of benzene rings is 3. The minimum Gasteiger partial charge on any atom is -0.321 e. The molecule has 0 radical (unpaired) electrons. The van der Waals surface area contributed by atoms with E-state index >= 15 is 0 Å². The SMILES string of the molecule is CN(C)S(=O)(=O)N(C)c1ccc(C(=O)Nc2ccc3c4c(cccc24)CC3)cc1. The zero-order valence-electron chi connectivity index (χ0n) is 16.6. The van der Waals surface area contributed by atoms with E-state index in [1.165, 1.54) is 42.0 Å². The molecule has 29 heavy (non-hydrogen) atoms. The van der Waals surface area contributed by atoms with Crippen LogP contribution in [-0.2, 0) is 23.1 Å². The number of carbonyl (C=O) groups excluding carboxylic acids is 1. The van der Waals surface area contributed by atoms with Gasteiger partial charge in [0.25, 0.3) is 5.91 Å². The van der Waals surface area contributed by atoms with Crippen molar-refractivity contribution in [3.05, 3.63) is 71.3 Å². The molecule has 0 heterocycles. The third-order valence-corrected chi connectivity index (χ3v) is 7.25. The van der Waals surface area contributed by atoms with Crippen molar-refractivity contribution in [2.75, 3.05) is 30.8 Å². The van der Waals surface area contributed by atoms with E-state index in [1.54, 1.807) is 24.3 Å². The standard InChI is InChI=1S/C22H23N3O3S/c1-24(2)29(27,28)25(3)18-12-9-17(10-13-18)22(26)23-20-14-11-16-8-7-15-5-4-6-19(20)21(15)16/h4-6,9-14H,7-8H2,1-3H3,(H,23,26). The van der Waals surface area contributed by atoms with Gasteiger partial charge in [-0.1, -0.05) is 24.3 Å². The molecule has 150 valence electrons. The molecule has 3 aromatic carbocycles. The van der Waals surface area contributed by atoms with Crippen molar-refractivity contribution in [1.82, 2.24) is 4.31 Å². The Morgan fingerprint density at radius 1 is 0.897 bits per heavy atom. The Morgan fingerprint density at radius 3 is 2.21 bits per heavy atom. The molecule has 0 aliphatic heterocycles. The summed E-state index contributed by atoms with van der Waals surface area (Å²) < 4.78 is 26.8. The lowest BCUT2D eigenvalue weighted by atomic mass is 10.0. The summed E-state index contributed by atoms with van der Waals surface area (Å²) in [6.45, 7) is 0. The number of hydrogen-bond donors (Lipinski definition) is 1. The van der Waals surface area contributed by atoms with Crippen LogP contribution in [0, 0.1) is 0 Å². The molecule has 6 nitrogen and oxygen atoms in total. The molecular weight excluding hydrogens is 386 g/mol. The molecule has 4 rings (SSSR count). The van der Waals surface area contributed by atoms with Gasteiger partial charge >= 0.3 is 10.2 Å². The first kappa shape index (κ1) is 19.4. The van der Waals surface area contributed by atoms with Crippen LogP contribution in [-0.4, -0.2) is 39.8 Å². The Labute approximate surface area is 170 Å².